The van der Waals surface area contributed by atoms with E-state index in [4.69, 9.17) is 0 Å². The fraction of sp³-hybridized carbons (Fsp3) is 1.00. The highest BCUT2D eigenvalue weighted by Crippen LogP contribution is 2.22. The largest absolute Gasteiger partial charge is 0.304 e. The molecule has 26 heavy (non-hydrogen) atoms. The molecule has 0 atom stereocenters. The maximum Gasteiger partial charge on any atom is 0.0281 e. The molecule has 0 aromatic heterocycles. The van der Waals surface area contributed by atoms with Crippen molar-refractivity contribution in [3.8, 4) is 0 Å². The highest BCUT2D eigenvalue weighted by atomic mass is 15.3. The number of hydrogen-bond donors (Lipinski definition) is 0. The summed E-state index contributed by atoms with van der Waals surface area (Å²) in [6, 6.07) is 1.54. The maximum absolute atomic E-state index is 2.79. The Balaban J connectivity index is 1.41. The lowest BCUT2D eigenvalue weighted by molar-refractivity contribution is 0.00808. The SMILES string of the molecule is CC(C)N1CCC(N2CCN(CC(C)(C)N3CCN(C)CC3)CC2)CC1. The molecule has 0 N–H and O–H groups in total. The Morgan fingerprint density at radius 2 is 1.38 bits per heavy atom. The van der Waals surface area contributed by atoms with Crippen molar-refractivity contribution in [1.82, 2.24) is 24.5 Å². The van der Waals surface area contributed by atoms with E-state index >= 15 is 0 Å². The molecule has 0 radical (unpaired) electrons. The monoisotopic (exact) mass is 365 g/mol. The Bertz CT molecular complexity index is 414. The predicted octanol–water partition coefficient (Wildman–Crippen LogP) is 1.50. The van der Waals surface area contributed by atoms with E-state index in [2.05, 4.69) is 59.2 Å². The summed E-state index contributed by atoms with van der Waals surface area (Å²) in [5.41, 5.74) is 0.298. The lowest BCUT2D eigenvalue weighted by atomic mass is 9.99. The van der Waals surface area contributed by atoms with Crippen LogP contribution in [0.3, 0.4) is 0 Å². The second-order valence-electron chi connectivity index (χ2n) is 9.78. The molecule has 0 aromatic carbocycles. The molecule has 0 aromatic rings. The van der Waals surface area contributed by atoms with Crippen LogP contribution in [0.4, 0.5) is 0 Å². The second-order valence-corrected chi connectivity index (χ2v) is 9.78. The van der Waals surface area contributed by atoms with Gasteiger partial charge in [0.15, 0.2) is 0 Å². The van der Waals surface area contributed by atoms with Crippen LogP contribution in [0.15, 0.2) is 0 Å². The summed E-state index contributed by atoms with van der Waals surface area (Å²) in [6.45, 7) is 23.3. The highest BCUT2D eigenvalue weighted by Gasteiger charge is 2.33. The van der Waals surface area contributed by atoms with E-state index in [1.54, 1.807) is 0 Å². The number of rotatable bonds is 5. The molecule has 0 bridgehead atoms. The molecule has 152 valence electrons. The molecule has 3 saturated heterocycles. The minimum Gasteiger partial charge on any atom is -0.304 e. The Morgan fingerprint density at radius 3 is 1.92 bits per heavy atom. The van der Waals surface area contributed by atoms with E-state index in [-0.39, 0.29) is 0 Å². The molecule has 5 nitrogen and oxygen atoms in total. The summed E-state index contributed by atoms with van der Waals surface area (Å²) >= 11 is 0. The summed E-state index contributed by atoms with van der Waals surface area (Å²) in [6.07, 6.45) is 2.73. The molecule has 0 unspecified atom stereocenters. The van der Waals surface area contributed by atoms with Crippen LogP contribution in [-0.4, -0.2) is 121 Å². The molecule has 3 fully saturated rings. The van der Waals surface area contributed by atoms with Crippen molar-refractivity contribution in [3.63, 3.8) is 0 Å². The van der Waals surface area contributed by atoms with Crippen LogP contribution >= 0.6 is 0 Å². The van der Waals surface area contributed by atoms with Crippen molar-refractivity contribution < 1.29 is 0 Å². The number of hydrogen-bond acceptors (Lipinski definition) is 5. The van der Waals surface area contributed by atoms with Gasteiger partial charge in [0.1, 0.15) is 0 Å². The van der Waals surface area contributed by atoms with E-state index < -0.39 is 0 Å². The van der Waals surface area contributed by atoms with Gasteiger partial charge in [-0.25, -0.2) is 0 Å². The van der Waals surface area contributed by atoms with Gasteiger partial charge < -0.3 is 9.80 Å². The van der Waals surface area contributed by atoms with Gasteiger partial charge in [0.25, 0.3) is 0 Å². The number of piperazine rings is 2. The van der Waals surface area contributed by atoms with E-state index in [0.717, 1.165) is 6.04 Å². The zero-order valence-corrected chi connectivity index (χ0v) is 18.1. The van der Waals surface area contributed by atoms with Crippen LogP contribution in [0.2, 0.25) is 0 Å². The van der Waals surface area contributed by atoms with Crippen LogP contribution < -0.4 is 0 Å². The van der Waals surface area contributed by atoms with Gasteiger partial charge in [-0.1, -0.05) is 0 Å². The van der Waals surface area contributed by atoms with Crippen molar-refractivity contribution in [1.29, 1.82) is 0 Å². The molecule has 3 heterocycles. The van der Waals surface area contributed by atoms with Crippen LogP contribution in [0.1, 0.15) is 40.5 Å². The van der Waals surface area contributed by atoms with Crippen molar-refractivity contribution in [2.45, 2.75) is 58.2 Å². The topological polar surface area (TPSA) is 16.2 Å². The van der Waals surface area contributed by atoms with Crippen molar-refractivity contribution in [2.75, 3.05) is 79.0 Å². The van der Waals surface area contributed by atoms with Gasteiger partial charge in [-0.05, 0) is 60.7 Å². The van der Waals surface area contributed by atoms with E-state index in [1.807, 2.05) is 0 Å². The van der Waals surface area contributed by atoms with Gasteiger partial charge in [-0.2, -0.15) is 0 Å². The Labute approximate surface area is 162 Å². The summed E-state index contributed by atoms with van der Waals surface area (Å²) in [5, 5.41) is 0. The molecule has 0 aliphatic carbocycles. The third-order valence-electron chi connectivity index (χ3n) is 7.12. The van der Waals surface area contributed by atoms with Gasteiger partial charge >= 0.3 is 0 Å². The number of likely N-dealkylation sites (tertiary alicyclic amines) is 1. The van der Waals surface area contributed by atoms with Crippen molar-refractivity contribution in [2.24, 2.45) is 0 Å². The average Bonchev–Trinajstić information content (AvgIpc) is 2.62. The van der Waals surface area contributed by atoms with Gasteiger partial charge in [0.2, 0.25) is 0 Å². The lowest BCUT2D eigenvalue weighted by Gasteiger charge is -2.48. The quantitative estimate of drug-likeness (QED) is 0.732. The first kappa shape index (κ1) is 20.5. The Hall–Kier alpha value is -0.200. The highest BCUT2D eigenvalue weighted by molar-refractivity contribution is 4.90. The van der Waals surface area contributed by atoms with Gasteiger partial charge in [-0.3, -0.25) is 14.7 Å². The van der Waals surface area contributed by atoms with Crippen LogP contribution in [0.5, 0.6) is 0 Å². The molecule has 0 saturated carbocycles. The van der Waals surface area contributed by atoms with Crippen LogP contribution in [0, 0.1) is 0 Å². The lowest BCUT2D eigenvalue weighted by Crippen LogP contribution is -2.60. The smallest absolute Gasteiger partial charge is 0.0281 e. The number of piperidine rings is 1. The van der Waals surface area contributed by atoms with Crippen LogP contribution in [-0.2, 0) is 0 Å². The summed E-state index contributed by atoms with van der Waals surface area (Å²) in [4.78, 5) is 13.3. The van der Waals surface area contributed by atoms with E-state index in [9.17, 15) is 0 Å². The van der Waals surface area contributed by atoms with Crippen LogP contribution in [0.25, 0.3) is 0 Å². The molecular weight excluding hydrogens is 322 g/mol. The average molecular weight is 366 g/mol. The predicted molar refractivity (Wildman–Crippen MR) is 111 cm³/mol. The minimum atomic E-state index is 0.298. The minimum absolute atomic E-state index is 0.298. The third kappa shape index (κ3) is 5.20. The fourth-order valence-electron chi connectivity index (χ4n) is 5.11. The number of nitrogens with zero attached hydrogens (tertiary/aromatic N) is 5. The first-order valence-corrected chi connectivity index (χ1v) is 11.0. The fourth-order valence-corrected chi connectivity index (χ4v) is 5.11. The molecule has 0 amide bonds. The zero-order chi connectivity index (χ0) is 18.7. The molecular formula is C21H43N5. The van der Waals surface area contributed by atoms with Gasteiger partial charge in [0.05, 0.1) is 0 Å². The number of likely N-dealkylation sites (N-methyl/N-ethyl adjacent to an activating group) is 1. The Morgan fingerprint density at radius 1 is 0.808 bits per heavy atom. The normalized spacial score (nSPS) is 27.5. The third-order valence-corrected chi connectivity index (χ3v) is 7.12. The standard InChI is InChI=1S/C21H43N5/c1-19(2)24-8-6-20(7-9-24)25-14-12-23(13-15-25)18-21(3,4)26-16-10-22(5)11-17-26/h19-20H,6-18H2,1-5H3. The van der Waals surface area contributed by atoms with Crippen molar-refractivity contribution in [3.05, 3.63) is 0 Å². The zero-order valence-electron chi connectivity index (χ0n) is 18.1. The van der Waals surface area contributed by atoms with Crippen molar-refractivity contribution >= 4 is 0 Å². The maximum atomic E-state index is 2.79. The molecule has 3 aliphatic rings. The summed E-state index contributed by atoms with van der Waals surface area (Å²) in [5.74, 6) is 0. The summed E-state index contributed by atoms with van der Waals surface area (Å²) in [7, 11) is 2.25. The van der Waals surface area contributed by atoms with E-state index in [1.165, 1.54) is 84.8 Å². The second kappa shape index (κ2) is 8.87. The molecule has 5 heteroatoms. The molecule has 0 spiro atoms. The first-order valence-electron chi connectivity index (χ1n) is 11.0. The summed E-state index contributed by atoms with van der Waals surface area (Å²) < 4.78 is 0. The van der Waals surface area contributed by atoms with Gasteiger partial charge in [-0.15, -0.1) is 0 Å². The van der Waals surface area contributed by atoms with E-state index in [0.29, 0.717) is 11.6 Å². The Kier molecular flexibility index (Phi) is 7.00. The first-order chi connectivity index (χ1) is 12.3. The van der Waals surface area contributed by atoms with Gasteiger partial charge in [0, 0.05) is 76.5 Å². The molecule has 3 aliphatic heterocycles. The molecule has 3 rings (SSSR count).